The molecule has 1 saturated heterocycles. The SMILES string of the molecule is C[C@@H]1CN(c2ccc3c(C4CCCC(Cl)C4CC(N)=O)cccc3n2)C[C@H](C)N1. The predicted octanol–water partition coefficient (Wildman–Crippen LogP) is 3.79. The number of amides is 1. The van der Waals surface area contributed by atoms with Gasteiger partial charge in [0.25, 0.3) is 0 Å². The minimum absolute atomic E-state index is 0.00689. The lowest BCUT2D eigenvalue weighted by molar-refractivity contribution is -0.119. The van der Waals surface area contributed by atoms with Crippen molar-refractivity contribution in [2.45, 2.75) is 62.9 Å². The Kier molecular flexibility index (Phi) is 5.98. The molecule has 1 saturated carbocycles. The number of carbonyl (C=O) groups is 1. The van der Waals surface area contributed by atoms with Crippen LogP contribution in [0.4, 0.5) is 5.82 Å². The van der Waals surface area contributed by atoms with Crippen LogP contribution in [0, 0.1) is 5.92 Å². The van der Waals surface area contributed by atoms with Crippen LogP contribution in [-0.2, 0) is 4.79 Å². The topological polar surface area (TPSA) is 71.2 Å². The fourth-order valence-corrected chi connectivity index (χ4v) is 5.70. The number of benzene rings is 1. The summed E-state index contributed by atoms with van der Waals surface area (Å²) in [5.74, 6) is 1.09. The first-order valence-electron chi connectivity index (χ1n) is 10.8. The number of aromatic nitrogens is 1. The van der Waals surface area contributed by atoms with Gasteiger partial charge in [-0.3, -0.25) is 4.79 Å². The Morgan fingerprint density at radius 1 is 1.21 bits per heavy atom. The van der Waals surface area contributed by atoms with Gasteiger partial charge in [0, 0.05) is 42.4 Å². The molecule has 1 aliphatic heterocycles. The summed E-state index contributed by atoms with van der Waals surface area (Å²) in [4.78, 5) is 19.0. The molecule has 0 radical (unpaired) electrons. The lowest BCUT2D eigenvalue weighted by atomic mass is 9.72. The smallest absolute Gasteiger partial charge is 0.217 e. The Hall–Kier alpha value is -1.85. The second-order valence-corrected chi connectivity index (χ2v) is 9.41. The van der Waals surface area contributed by atoms with Crippen LogP contribution in [0.25, 0.3) is 10.9 Å². The first-order valence-corrected chi connectivity index (χ1v) is 11.2. The van der Waals surface area contributed by atoms with Crippen molar-refractivity contribution in [2.75, 3.05) is 18.0 Å². The number of hydrogen-bond donors (Lipinski definition) is 2. The van der Waals surface area contributed by atoms with Gasteiger partial charge in [0.2, 0.25) is 5.91 Å². The molecule has 2 heterocycles. The minimum atomic E-state index is -0.268. The van der Waals surface area contributed by atoms with E-state index in [1.165, 1.54) is 5.56 Å². The zero-order valence-corrected chi connectivity index (χ0v) is 18.0. The van der Waals surface area contributed by atoms with Gasteiger partial charge in [-0.05, 0) is 62.3 Å². The molecule has 6 heteroatoms. The van der Waals surface area contributed by atoms with Gasteiger partial charge >= 0.3 is 0 Å². The lowest BCUT2D eigenvalue weighted by Gasteiger charge is -2.37. The number of rotatable bonds is 4. The van der Waals surface area contributed by atoms with Crippen LogP contribution >= 0.6 is 11.6 Å². The number of nitrogens with one attached hydrogen (secondary N) is 1. The first-order chi connectivity index (χ1) is 13.9. The van der Waals surface area contributed by atoms with Crippen LogP contribution < -0.4 is 16.0 Å². The van der Waals surface area contributed by atoms with Crippen molar-refractivity contribution in [3.05, 3.63) is 35.9 Å². The Labute approximate surface area is 178 Å². The number of nitrogens with two attached hydrogens (primary N) is 1. The number of fused-ring (bicyclic) bond motifs is 1. The number of alkyl halides is 1. The number of primary amides is 1. The number of nitrogens with zero attached hydrogens (tertiary/aromatic N) is 2. The molecule has 156 valence electrons. The second-order valence-electron chi connectivity index (χ2n) is 8.84. The molecule has 5 nitrogen and oxygen atoms in total. The maximum absolute atomic E-state index is 11.7. The molecule has 0 spiro atoms. The number of anilines is 1. The fraction of sp³-hybridized carbons (Fsp3) is 0.565. The fourth-order valence-electron chi connectivity index (χ4n) is 5.28. The van der Waals surface area contributed by atoms with Gasteiger partial charge in [0.15, 0.2) is 0 Å². The number of halogens is 1. The molecule has 1 aliphatic carbocycles. The monoisotopic (exact) mass is 414 g/mol. The van der Waals surface area contributed by atoms with E-state index in [1.54, 1.807) is 0 Å². The number of pyridine rings is 1. The average molecular weight is 415 g/mol. The first kappa shape index (κ1) is 20.4. The van der Waals surface area contributed by atoms with Gasteiger partial charge in [-0.15, -0.1) is 11.6 Å². The molecule has 1 aromatic heterocycles. The van der Waals surface area contributed by atoms with E-state index in [-0.39, 0.29) is 23.1 Å². The van der Waals surface area contributed by atoms with Gasteiger partial charge in [-0.2, -0.15) is 0 Å². The molecule has 0 bridgehead atoms. The van der Waals surface area contributed by atoms with Crippen LogP contribution in [0.15, 0.2) is 30.3 Å². The Balaban J connectivity index is 1.68. The van der Waals surface area contributed by atoms with Crippen molar-refractivity contribution < 1.29 is 4.79 Å². The molecule has 29 heavy (non-hydrogen) atoms. The van der Waals surface area contributed by atoms with Gasteiger partial charge in [-0.25, -0.2) is 4.98 Å². The quantitative estimate of drug-likeness (QED) is 0.746. The molecule has 1 amide bonds. The van der Waals surface area contributed by atoms with Crippen LogP contribution in [-0.4, -0.2) is 41.4 Å². The van der Waals surface area contributed by atoms with E-state index in [1.807, 2.05) is 0 Å². The highest BCUT2D eigenvalue weighted by molar-refractivity contribution is 6.21. The van der Waals surface area contributed by atoms with Crippen LogP contribution in [0.3, 0.4) is 0 Å². The van der Waals surface area contributed by atoms with Crippen molar-refractivity contribution in [3.63, 3.8) is 0 Å². The highest BCUT2D eigenvalue weighted by Crippen LogP contribution is 2.44. The summed E-state index contributed by atoms with van der Waals surface area (Å²) in [7, 11) is 0. The van der Waals surface area contributed by atoms with Crippen molar-refractivity contribution in [3.8, 4) is 0 Å². The molecule has 2 aromatic rings. The summed E-state index contributed by atoms with van der Waals surface area (Å²) >= 11 is 6.64. The summed E-state index contributed by atoms with van der Waals surface area (Å²) in [6, 6.07) is 11.6. The van der Waals surface area contributed by atoms with E-state index in [0.717, 1.165) is 49.1 Å². The van der Waals surface area contributed by atoms with E-state index in [0.29, 0.717) is 18.5 Å². The summed E-state index contributed by atoms with van der Waals surface area (Å²) in [5.41, 5.74) is 7.80. The standard InChI is InChI=1S/C23H31ClN4O/c1-14-12-28(13-15(2)26-14)23-10-9-18-16(6-4-8-21(18)27-23)17-5-3-7-20(24)19(17)11-22(25)29/h4,6,8-10,14-15,17,19-20,26H,3,5,7,11-13H2,1-2H3,(H2,25,29)/t14-,15+,17?,19?,20?. The largest absolute Gasteiger partial charge is 0.370 e. The minimum Gasteiger partial charge on any atom is -0.370 e. The number of hydrogen-bond acceptors (Lipinski definition) is 4. The number of piperazine rings is 1. The average Bonchev–Trinajstić information content (AvgIpc) is 2.67. The van der Waals surface area contributed by atoms with Gasteiger partial charge < -0.3 is 16.0 Å². The lowest BCUT2D eigenvalue weighted by Crippen LogP contribution is -2.54. The summed E-state index contributed by atoms with van der Waals surface area (Å²) in [5, 5.41) is 4.73. The zero-order valence-electron chi connectivity index (χ0n) is 17.3. The maximum atomic E-state index is 11.7. The van der Waals surface area contributed by atoms with E-state index < -0.39 is 0 Å². The highest BCUT2D eigenvalue weighted by atomic mass is 35.5. The highest BCUT2D eigenvalue weighted by Gasteiger charge is 2.35. The van der Waals surface area contributed by atoms with Gasteiger partial charge in [-0.1, -0.05) is 18.6 Å². The third kappa shape index (κ3) is 4.36. The van der Waals surface area contributed by atoms with Crippen LogP contribution in [0.5, 0.6) is 0 Å². The van der Waals surface area contributed by atoms with E-state index in [2.05, 4.69) is 54.4 Å². The number of carbonyl (C=O) groups excluding carboxylic acids is 1. The Morgan fingerprint density at radius 2 is 1.97 bits per heavy atom. The molecule has 1 aromatic carbocycles. The van der Waals surface area contributed by atoms with Gasteiger partial charge in [0.05, 0.1) is 5.52 Å². The third-order valence-corrected chi connectivity index (χ3v) is 6.99. The maximum Gasteiger partial charge on any atom is 0.217 e. The second kappa shape index (κ2) is 8.49. The van der Waals surface area contributed by atoms with Crippen LogP contribution in [0.1, 0.15) is 51.0 Å². The molecule has 4 rings (SSSR count). The molecule has 3 unspecified atom stereocenters. The van der Waals surface area contributed by atoms with Crippen molar-refractivity contribution in [1.29, 1.82) is 0 Å². The zero-order chi connectivity index (χ0) is 20.5. The molecule has 2 fully saturated rings. The van der Waals surface area contributed by atoms with Crippen molar-refractivity contribution in [2.24, 2.45) is 11.7 Å². The third-order valence-electron chi connectivity index (χ3n) is 6.45. The molecule has 5 atom stereocenters. The molecule has 2 aliphatic rings. The summed E-state index contributed by atoms with van der Waals surface area (Å²) in [6.07, 6.45) is 3.40. The molecular weight excluding hydrogens is 384 g/mol. The Bertz CT molecular complexity index is 878. The Morgan fingerprint density at radius 3 is 2.69 bits per heavy atom. The molecular formula is C23H31ClN4O. The summed E-state index contributed by atoms with van der Waals surface area (Å²) < 4.78 is 0. The van der Waals surface area contributed by atoms with Crippen molar-refractivity contribution in [1.82, 2.24) is 10.3 Å². The van der Waals surface area contributed by atoms with Gasteiger partial charge in [0.1, 0.15) is 5.82 Å². The van der Waals surface area contributed by atoms with E-state index in [4.69, 9.17) is 22.3 Å². The summed E-state index contributed by atoms with van der Waals surface area (Å²) in [6.45, 7) is 6.35. The van der Waals surface area contributed by atoms with E-state index in [9.17, 15) is 4.79 Å². The normalized spacial score (nSPS) is 30.4. The molecule has 3 N–H and O–H groups in total. The predicted molar refractivity (Wildman–Crippen MR) is 120 cm³/mol. The van der Waals surface area contributed by atoms with Crippen molar-refractivity contribution >= 4 is 34.2 Å². The van der Waals surface area contributed by atoms with Crippen LogP contribution in [0.2, 0.25) is 0 Å². The van der Waals surface area contributed by atoms with E-state index >= 15 is 0 Å².